The van der Waals surface area contributed by atoms with E-state index in [1.807, 2.05) is 26.2 Å². The van der Waals surface area contributed by atoms with Crippen LogP contribution in [0.2, 0.25) is 0 Å². The highest BCUT2D eigenvalue weighted by Gasteiger charge is 2.40. The van der Waals surface area contributed by atoms with Crippen molar-refractivity contribution in [2.45, 2.75) is 46.0 Å². The number of pyridine rings is 1. The van der Waals surface area contributed by atoms with E-state index >= 15 is 0 Å². The zero-order chi connectivity index (χ0) is 16.9. The van der Waals surface area contributed by atoms with Gasteiger partial charge in [0.2, 0.25) is 5.88 Å². The molecule has 0 saturated heterocycles. The van der Waals surface area contributed by atoms with E-state index in [1.165, 1.54) is 24.1 Å². The van der Waals surface area contributed by atoms with Gasteiger partial charge in [-0.05, 0) is 51.7 Å². The number of nitrogens with zero attached hydrogens (tertiary/aromatic N) is 3. The third-order valence-electron chi connectivity index (χ3n) is 4.38. The Labute approximate surface area is 144 Å². The van der Waals surface area contributed by atoms with Gasteiger partial charge in [-0.15, -0.1) is 0 Å². The van der Waals surface area contributed by atoms with Gasteiger partial charge in [0, 0.05) is 35.5 Å². The zero-order valence-electron chi connectivity index (χ0n) is 14.7. The lowest BCUT2D eigenvalue weighted by atomic mass is 10.1. The molecule has 2 aliphatic carbocycles. The fourth-order valence-corrected chi connectivity index (χ4v) is 2.50. The van der Waals surface area contributed by atoms with E-state index in [4.69, 9.17) is 4.74 Å². The summed E-state index contributed by atoms with van der Waals surface area (Å²) in [7, 11) is 0. The lowest BCUT2D eigenvalue weighted by Gasteiger charge is -2.08. The van der Waals surface area contributed by atoms with E-state index in [-0.39, 0.29) is 0 Å². The summed E-state index contributed by atoms with van der Waals surface area (Å²) in [6.07, 6.45) is 11.9. The van der Waals surface area contributed by atoms with Gasteiger partial charge in [-0.2, -0.15) is 4.98 Å². The fourth-order valence-electron chi connectivity index (χ4n) is 2.50. The van der Waals surface area contributed by atoms with Crippen LogP contribution in [0, 0.1) is 26.7 Å². The van der Waals surface area contributed by atoms with Crippen LogP contribution in [0.4, 0.5) is 0 Å². The van der Waals surface area contributed by atoms with Crippen LogP contribution in [0.15, 0.2) is 36.7 Å². The summed E-state index contributed by atoms with van der Waals surface area (Å²) < 4.78 is 5.84. The predicted molar refractivity (Wildman–Crippen MR) is 95.2 cm³/mol. The molecule has 1 unspecified atom stereocenters. The average molecular weight is 323 g/mol. The minimum absolute atomic E-state index is 0.541. The molecule has 1 saturated carbocycles. The third-order valence-corrected chi connectivity index (χ3v) is 4.38. The summed E-state index contributed by atoms with van der Waals surface area (Å²) in [4.78, 5) is 13.0. The van der Waals surface area contributed by atoms with Crippen LogP contribution in [-0.2, 0) is 0 Å². The van der Waals surface area contributed by atoms with Crippen LogP contribution >= 0.6 is 0 Å². The molecular formula is C20H25N3O. The monoisotopic (exact) mass is 323 g/mol. The van der Waals surface area contributed by atoms with Gasteiger partial charge >= 0.3 is 0 Å². The molecular weight excluding hydrogens is 298 g/mol. The summed E-state index contributed by atoms with van der Waals surface area (Å²) in [5, 5.41) is 0. The van der Waals surface area contributed by atoms with Crippen LogP contribution in [0.5, 0.6) is 5.88 Å². The highest BCUT2D eigenvalue weighted by atomic mass is 16.5. The van der Waals surface area contributed by atoms with E-state index in [9.17, 15) is 0 Å². The van der Waals surface area contributed by atoms with Crippen molar-refractivity contribution in [2.24, 2.45) is 5.92 Å². The Hall–Kier alpha value is -2.23. The zero-order valence-corrected chi connectivity index (χ0v) is 14.7. The SMILES string of the molecule is C1=CCC1.Cc1ccc([C@H]2CC2COc2nc(C)ncc2C)nc1. The lowest BCUT2D eigenvalue weighted by Crippen LogP contribution is -2.05. The van der Waals surface area contributed by atoms with E-state index < -0.39 is 0 Å². The van der Waals surface area contributed by atoms with Gasteiger partial charge < -0.3 is 4.74 Å². The Kier molecular flexibility index (Phi) is 5.24. The molecule has 2 aliphatic rings. The molecule has 126 valence electrons. The molecule has 4 rings (SSSR count). The summed E-state index contributed by atoms with van der Waals surface area (Å²) in [6.45, 7) is 6.62. The molecule has 1 fully saturated rings. The maximum absolute atomic E-state index is 5.84. The maximum Gasteiger partial charge on any atom is 0.219 e. The molecule has 2 heterocycles. The molecule has 2 aromatic rings. The van der Waals surface area contributed by atoms with Crippen LogP contribution in [-0.4, -0.2) is 21.6 Å². The maximum atomic E-state index is 5.84. The molecule has 0 N–H and O–H groups in total. The van der Waals surface area contributed by atoms with Crippen molar-refractivity contribution in [1.29, 1.82) is 0 Å². The second-order valence-electron chi connectivity index (χ2n) is 6.63. The minimum atomic E-state index is 0.541. The van der Waals surface area contributed by atoms with Gasteiger partial charge in [0.05, 0.1) is 6.61 Å². The number of rotatable bonds is 4. The molecule has 4 nitrogen and oxygen atoms in total. The first-order valence-electron chi connectivity index (χ1n) is 8.64. The smallest absolute Gasteiger partial charge is 0.219 e. The Bertz CT molecular complexity index is 703. The van der Waals surface area contributed by atoms with Crippen LogP contribution in [0.25, 0.3) is 0 Å². The number of aromatic nitrogens is 3. The molecule has 0 radical (unpaired) electrons. The van der Waals surface area contributed by atoms with Gasteiger partial charge in [-0.3, -0.25) is 4.98 Å². The summed E-state index contributed by atoms with van der Waals surface area (Å²) in [5.41, 5.74) is 3.37. The second-order valence-corrected chi connectivity index (χ2v) is 6.63. The molecule has 2 atom stereocenters. The first kappa shape index (κ1) is 16.6. The Morgan fingerprint density at radius 3 is 2.42 bits per heavy atom. The van der Waals surface area contributed by atoms with Crippen LogP contribution < -0.4 is 4.74 Å². The van der Waals surface area contributed by atoms with E-state index in [1.54, 1.807) is 0 Å². The topological polar surface area (TPSA) is 47.9 Å². The van der Waals surface area contributed by atoms with Crippen molar-refractivity contribution in [3.05, 3.63) is 59.3 Å². The van der Waals surface area contributed by atoms with E-state index in [2.05, 4.69) is 46.2 Å². The van der Waals surface area contributed by atoms with Crippen molar-refractivity contribution in [3.8, 4) is 5.88 Å². The molecule has 0 bridgehead atoms. The van der Waals surface area contributed by atoms with Crippen molar-refractivity contribution in [2.75, 3.05) is 6.61 Å². The highest BCUT2D eigenvalue weighted by molar-refractivity contribution is 5.23. The van der Waals surface area contributed by atoms with Crippen LogP contribution in [0.1, 0.15) is 47.8 Å². The van der Waals surface area contributed by atoms with Crippen molar-refractivity contribution in [1.82, 2.24) is 15.0 Å². The predicted octanol–water partition coefficient (Wildman–Crippen LogP) is 4.32. The lowest BCUT2D eigenvalue weighted by molar-refractivity contribution is 0.282. The van der Waals surface area contributed by atoms with E-state index in [0.29, 0.717) is 24.3 Å². The van der Waals surface area contributed by atoms with Gasteiger partial charge in [0.15, 0.2) is 0 Å². The largest absolute Gasteiger partial charge is 0.477 e. The molecule has 0 aromatic carbocycles. The average Bonchev–Trinajstić information content (AvgIpc) is 3.27. The molecule has 24 heavy (non-hydrogen) atoms. The summed E-state index contributed by atoms with van der Waals surface area (Å²) in [5.74, 6) is 2.55. The quantitative estimate of drug-likeness (QED) is 0.786. The van der Waals surface area contributed by atoms with Crippen LogP contribution in [0.3, 0.4) is 0 Å². The third kappa shape index (κ3) is 4.40. The Balaban J connectivity index is 0.000000370. The Morgan fingerprint density at radius 2 is 1.79 bits per heavy atom. The molecule has 0 amide bonds. The Morgan fingerprint density at radius 1 is 1.04 bits per heavy atom. The molecule has 4 heteroatoms. The number of ether oxygens (including phenoxy) is 1. The first-order valence-corrected chi connectivity index (χ1v) is 8.64. The standard InChI is InChI=1S/C16H19N3O.C4H6/c1-10-4-5-15(18-7-10)14-6-13(14)9-20-16-11(2)8-17-12(3)19-16;1-2-4-3-1/h4-5,7-8,13-14H,6,9H2,1-3H3;1-2H,3-4H2/t13?,14-;/m0./s1. The number of hydrogen-bond acceptors (Lipinski definition) is 4. The highest BCUT2D eigenvalue weighted by Crippen LogP contribution is 2.46. The number of aryl methyl sites for hydroxylation is 3. The number of hydrogen-bond donors (Lipinski definition) is 0. The summed E-state index contributed by atoms with van der Waals surface area (Å²) >= 11 is 0. The van der Waals surface area contributed by atoms with Crippen molar-refractivity contribution in [3.63, 3.8) is 0 Å². The minimum Gasteiger partial charge on any atom is -0.477 e. The fraction of sp³-hybridized carbons (Fsp3) is 0.450. The summed E-state index contributed by atoms with van der Waals surface area (Å²) in [6, 6.07) is 4.25. The molecule has 2 aromatic heterocycles. The molecule has 0 spiro atoms. The van der Waals surface area contributed by atoms with Gasteiger partial charge in [0.25, 0.3) is 0 Å². The second kappa shape index (κ2) is 7.56. The van der Waals surface area contributed by atoms with E-state index in [0.717, 1.165) is 17.8 Å². The normalized spacial score (nSPS) is 20.6. The van der Waals surface area contributed by atoms with Gasteiger partial charge in [-0.25, -0.2) is 4.98 Å². The van der Waals surface area contributed by atoms with Crippen molar-refractivity contribution < 1.29 is 4.74 Å². The van der Waals surface area contributed by atoms with Gasteiger partial charge in [-0.1, -0.05) is 18.2 Å². The first-order chi connectivity index (χ1) is 11.6. The number of allylic oxidation sites excluding steroid dienone is 2. The molecule has 0 aliphatic heterocycles. The van der Waals surface area contributed by atoms with Crippen molar-refractivity contribution >= 4 is 0 Å². The van der Waals surface area contributed by atoms with Gasteiger partial charge in [0.1, 0.15) is 5.82 Å².